The van der Waals surface area contributed by atoms with Gasteiger partial charge in [0.05, 0.1) is 5.60 Å². The lowest BCUT2D eigenvalue weighted by Gasteiger charge is -2.43. The number of rotatable bonds is 0. The van der Waals surface area contributed by atoms with Crippen molar-refractivity contribution >= 4 is 0 Å². The smallest absolute Gasteiger partial charge is 0.115 e. The first-order valence-electron chi connectivity index (χ1n) is 4.98. The first-order chi connectivity index (χ1) is 6.45. The molecule has 0 spiro atoms. The molecule has 0 saturated heterocycles. The number of hydrogen-bond acceptors (Lipinski definition) is 2. The van der Waals surface area contributed by atoms with E-state index in [0.717, 1.165) is 17.5 Å². The van der Waals surface area contributed by atoms with E-state index in [-0.39, 0.29) is 0 Å². The third kappa shape index (κ3) is 1.18. The van der Waals surface area contributed by atoms with Gasteiger partial charge in [0, 0.05) is 0 Å². The van der Waals surface area contributed by atoms with Crippen molar-refractivity contribution in [2.24, 2.45) is 0 Å². The van der Waals surface area contributed by atoms with E-state index in [4.69, 9.17) is 0 Å². The minimum atomic E-state index is -1.14. The summed E-state index contributed by atoms with van der Waals surface area (Å²) in [6, 6.07) is 7.77. The average molecular weight is 192 g/mol. The normalized spacial score (nSPS) is 36.6. The summed E-state index contributed by atoms with van der Waals surface area (Å²) in [5.41, 5.74) is -0.163. The highest BCUT2D eigenvalue weighted by atomic mass is 16.4. The minimum absolute atomic E-state index is 0.608. The van der Waals surface area contributed by atoms with Crippen LogP contribution in [0.4, 0.5) is 0 Å². The van der Waals surface area contributed by atoms with Gasteiger partial charge in [0.1, 0.15) is 5.60 Å². The molecule has 2 nitrogen and oxygen atoms in total. The van der Waals surface area contributed by atoms with E-state index in [1.54, 1.807) is 13.8 Å². The van der Waals surface area contributed by atoms with E-state index in [1.165, 1.54) is 0 Å². The number of hydrogen-bond donors (Lipinski definition) is 2. The van der Waals surface area contributed by atoms with Gasteiger partial charge < -0.3 is 10.2 Å². The Labute approximate surface area is 84.2 Å². The minimum Gasteiger partial charge on any atom is -0.387 e. The zero-order valence-corrected chi connectivity index (χ0v) is 8.62. The molecule has 2 rings (SSSR count). The van der Waals surface area contributed by atoms with Gasteiger partial charge >= 0.3 is 0 Å². The third-order valence-electron chi connectivity index (χ3n) is 3.47. The van der Waals surface area contributed by atoms with Crippen LogP contribution in [0.25, 0.3) is 0 Å². The molecule has 1 aliphatic rings. The van der Waals surface area contributed by atoms with E-state index in [9.17, 15) is 10.2 Å². The molecule has 0 aliphatic heterocycles. The SMILES string of the molecule is CC1(O)c2ccccc2CC[C@@]1(C)O. The maximum Gasteiger partial charge on any atom is 0.115 e. The molecule has 1 aromatic rings. The van der Waals surface area contributed by atoms with Gasteiger partial charge in [-0.1, -0.05) is 24.3 Å². The monoisotopic (exact) mass is 192 g/mol. The summed E-state index contributed by atoms with van der Waals surface area (Å²) in [5.74, 6) is 0. The lowest BCUT2D eigenvalue weighted by atomic mass is 9.70. The Kier molecular flexibility index (Phi) is 1.95. The molecule has 0 saturated carbocycles. The van der Waals surface area contributed by atoms with Crippen molar-refractivity contribution in [3.63, 3.8) is 0 Å². The van der Waals surface area contributed by atoms with Crippen molar-refractivity contribution in [3.05, 3.63) is 35.4 Å². The Morgan fingerprint density at radius 3 is 2.50 bits per heavy atom. The predicted molar refractivity (Wildman–Crippen MR) is 55.0 cm³/mol. The third-order valence-corrected chi connectivity index (χ3v) is 3.47. The molecule has 0 radical (unpaired) electrons. The number of fused-ring (bicyclic) bond motifs is 1. The molecule has 1 aromatic carbocycles. The zero-order chi connectivity index (χ0) is 10.4. The van der Waals surface area contributed by atoms with Gasteiger partial charge in [0.15, 0.2) is 0 Å². The fourth-order valence-corrected chi connectivity index (χ4v) is 2.12. The number of aryl methyl sites for hydroxylation is 1. The Balaban J connectivity index is 2.57. The molecule has 0 bridgehead atoms. The van der Waals surface area contributed by atoms with Gasteiger partial charge in [-0.3, -0.25) is 0 Å². The van der Waals surface area contributed by atoms with Gasteiger partial charge in [-0.05, 0) is 37.8 Å². The van der Waals surface area contributed by atoms with Crippen molar-refractivity contribution in [2.45, 2.75) is 37.9 Å². The van der Waals surface area contributed by atoms with E-state index >= 15 is 0 Å². The molecule has 2 heteroatoms. The van der Waals surface area contributed by atoms with Crippen LogP contribution in [0.15, 0.2) is 24.3 Å². The topological polar surface area (TPSA) is 40.5 Å². The van der Waals surface area contributed by atoms with Crippen LogP contribution >= 0.6 is 0 Å². The van der Waals surface area contributed by atoms with Gasteiger partial charge in [0.2, 0.25) is 0 Å². The molecule has 0 fully saturated rings. The molecule has 0 amide bonds. The fraction of sp³-hybridized carbons (Fsp3) is 0.500. The second-order valence-electron chi connectivity index (χ2n) is 4.50. The van der Waals surface area contributed by atoms with Crippen LogP contribution in [0.2, 0.25) is 0 Å². The Morgan fingerprint density at radius 1 is 1.14 bits per heavy atom. The van der Waals surface area contributed by atoms with E-state index in [1.807, 2.05) is 24.3 Å². The molecular weight excluding hydrogens is 176 g/mol. The molecule has 76 valence electrons. The van der Waals surface area contributed by atoms with Crippen LogP contribution in [0, 0.1) is 0 Å². The van der Waals surface area contributed by atoms with Gasteiger partial charge in [0.25, 0.3) is 0 Å². The van der Waals surface area contributed by atoms with Crippen molar-refractivity contribution < 1.29 is 10.2 Å². The van der Waals surface area contributed by atoms with Crippen LogP contribution in [0.5, 0.6) is 0 Å². The van der Waals surface area contributed by atoms with E-state index < -0.39 is 11.2 Å². The standard InChI is InChI=1S/C12H16O2/c1-11(13)8-7-9-5-3-4-6-10(9)12(11,2)14/h3-6,13-14H,7-8H2,1-2H3/t11-,12?/m1/s1. The molecule has 2 atom stereocenters. The summed E-state index contributed by atoms with van der Waals surface area (Å²) < 4.78 is 0. The van der Waals surface area contributed by atoms with Gasteiger partial charge in [-0.2, -0.15) is 0 Å². The largest absolute Gasteiger partial charge is 0.387 e. The molecule has 1 unspecified atom stereocenters. The first-order valence-corrected chi connectivity index (χ1v) is 4.98. The fourth-order valence-electron chi connectivity index (χ4n) is 2.12. The second-order valence-corrected chi connectivity index (χ2v) is 4.50. The molecule has 1 aliphatic carbocycles. The van der Waals surface area contributed by atoms with Crippen LogP contribution in [-0.2, 0) is 12.0 Å². The summed E-state index contributed by atoms with van der Waals surface area (Å²) in [6.45, 7) is 3.38. The summed E-state index contributed by atoms with van der Waals surface area (Å²) in [4.78, 5) is 0. The quantitative estimate of drug-likeness (QED) is 0.655. The van der Waals surface area contributed by atoms with Crippen molar-refractivity contribution in [2.75, 3.05) is 0 Å². The summed E-state index contributed by atoms with van der Waals surface area (Å²) in [7, 11) is 0. The van der Waals surface area contributed by atoms with Crippen LogP contribution < -0.4 is 0 Å². The summed E-state index contributed by atoms with van der Waals surface area (Å²) >= 11 is 0. The number of aliphatic hydroxyl groups is 2. The predicted octanol–water partition coefficient (Wildman–Crippen LogP) is 1.59. The second kappa shape index (κ2) is 2.81. The molecule has 14 heavy (non-hydrogen) atoms. The van der Waals surface area contributed by atoms with E-state index in [0.29, 0.717) is 6.42 Å². The molecule has 0 aromatic heterocycles. The van der Waals surface area contributed by atoms with Crippen LogP contribution in [0.3, 0.4) is 0 Å². The lowest BCUT2D eigenvalue weighted by molar-refractivity contribution is -0.146. The molecule has 0 heterocycles. The van der Waals surface area contributed by atoms with Crippen LogP contribution in [-0.4, -0.2) is 15.8 Å². The summed E-state index contributed by atoms with van der Waals surface area (Å²) in [5, 5.41) is 20.4. The Bertz CT molecular complexity index is 353. The van der Waals surface area contributed by atoms with E-state index in [2.05, 4.69) is 0 Å². The molecule has 2 N–H and O–H groups in total. The summed E-state index contributed by atoms with van der Waals surface area (Å²) in [6.07, 6.45) is 1.44. The number of benzene rings is 1. The Hall–Kier alpha value is -0.860. The van der Waals surface area contributed by atoms with Crippen LogP contribution in [0.1, 0.15) is 31.4 Å². The van der Waals surface area contributed by atoms with Crippen molar-refractivity contribution in [3.8, 4) is 0 Å². The maximum absolute atomic E-state index is 10.3. The zero-order valence-electron chi connectivity index (χ0n) is 8.62. The van der Waals surface area contributed by atoms with Gasteiger partial charge in [-0.15, -0.1) is 0 Å². The average Bonchev–Trinajstić information content (AvgIpc) is 2.13. The lowest BCUT2D eigenvalue weighted by Crippen LogP contribution is -2.50. The van der Waals surface area contributed by atoms with Crippen molar-refractivity contribution in [1.82, 2.24) is 0 Å². The molecular formula is C12H16O2. The van der Waals surface area contributed by atoms with Crippen molar-refractivity contribution in [1.29, 1.82) is 0 Å². The van der Waals surface area contributed by atoms with Gasteiger partial charge in [-0.25, -0.2) is 0 Å². The Morgan fingerprint density at radius 2 is 1.79 bits per heavy atom. The highest BCUT2D eigenvalue weighted by Gasteiger charge is 2.46. The highest BCUT2D eigenvalue weighted by molar-refractivity contribution is 5.37. The first kappa shape index (κ1) is 9.69. The highest BCUT2D eigenvalue weighted by Crippen LogP contribution is 2.41. The maximum atomic E-state index is 10.3.